The van der Waals surface area contributed by atoms with Crippen LogP contribution < -0.4 is 5.32 Å². The standard InChI is InChI=1S/C11H17N.C6H14/c1-3-8-12-9-11-6-4-10(2)5-7-11;1-3-5-6-4-2/h4-7,12H,3,8-9H2,1-2H3;3-6H2,1-2H3. The topological polar surface area (TPSA) is 12.0 Å². The van der Waals surface area contributed by atoms with Crippen LogP contribution in [-0.2, 0) is 6.54 Å². The summed E-state index contributed by atoms with van der Waals surface area (Å²) in [6.07, 6.45) is 6.74. The minimum absolute atomic E-state index is 0.994. The van der Waals surface area contributed by atoms with Crippen LogP contribution in [0.5, 0.6) is 0 Å². The fourth-order valence-electron chi connectivity index (χ4n) is 1.62. The summed E-state index contributed by atoms with van der Waals surface area (Å²) in [4.78, 5) is 0. The summed E-state index contributed by atoms with van der Waals surface area (Å²) in [5, 5.41) is 3.37. The van der Waals surface area contributed by atoms with Crippen molar-refractivity contribution in [2.24, 2.45) is 0 Å². The van der Waals surface area contributed by atoms with E-state index in [1.54, 1.807) is 0 Å². The SMILES string of the molecule is CCCCCC.CCCNCc1ccc(C)cc1. The number of hydrogen-bond donors (Lipinski definition) is 1. The molecule has 0 atom stereocenters. The highest BCUT2D eigenvalue weighted by atomic mass is 14.8. The lowest BCUT2D eigenvalue weighted by atomic mass is 10.1. The van der Waals surface area contributed by atoms with Gasteiger partial charge in [-0.15, -0.1) is 0 Å². The van der Waals surface area contributed by atoms with Gasteiger partial charge in [0.2, 0.25) is 0 Å². The van der Waals surface area contributed by atoms with Crippen LogP contribution in [-0.4, -0.2) is 6.54 Å². The molecule has 0 fully saturated rings. The van der Waals surface area contributed by atoms with Crippen molar-refractivity contribution in [3.8, 4) is 0 Å². The van der Waals surface area contributed by atoms with E-state index in [2.05, 4.69) is 57.3 Å². The predicted molar refractivity (Wildman–Crippen MR) is 83.0 cm³/mol. The van der Waals surface area contributed by atoms with E-state index in [9.17, 15) is 0 Å². The van der Waals surface area contributed by atoms with E-state index in [0.29, 0.717) is 0 Å². The van der Waals surface area contributed by atoms with Gasteiger partial charge in [0.05, 0.1) is 0 Å². The number of benzene rings is 1. The monoisotopic (exact) mass is 249 g/mol. The summed E-state index contributed by atoms with van der Waals surface area (Å²) in [6, 6.07) is 8.67. The second kappa shape index (κ2) is 12.6. The van der Waals surface area contributed by atoms with Crippen LogP contribution in [0.15, 0.2) is 24.3 Å². The fourth-order valence-corrected chi connectivity index (χ4v) is 1.62. The number of hydrogen-bond acceptors (Lipinski definition) is 1. The van der Waals surface area contributed by atoms with Crippen LogP contribution in [0.4, 0.5) is 0 Å². The van der Waals surface area contributed by atoms with E-state index in [0.717, 1.165) is 13.1 Å². The molecule has 0 bridgehead atoms. The van der Waals surface area contributed by atoms with Crippen molar-refractivity contribution in [1.29, 1.82) is 0 Å². The molecule has 0 aromatic heterocycles. The summed E-state index contributed by atoms with van der Waals surface area (Å²) in [7, 11) is 0. The Morgan fingerprint density at radius 2 is 1.39 bits per heavy atom. The maximum atomic E-state index is 3.37. The van der Waals surface area contributed by atoms with Crippen LogP contribution in [0.3, 0.4) is 0 Å². The van der Waals surface area contributed by atoms with Gasteiger partial charge in [0.1, 0.15) is 0 Å². The van der Waals surface area contributed by atoms with Crippen LogP contribution in [0.2, 0.25) is 0 Å². The Morgan fingerprint density at radius 3 is 1.83 bits per heavy atom. The maximum absolute atomic E-state index is 3.37. The predicted octanol–water partition coefficient (Wildman–Crippen LogP) is 5.08. The Kier molecular flexibility index (Phi) is 12.1. The fraction of sp³-hybridized carbons (Fsp3) is 0.647. The highest BCUT2D eigenvalue weighted by Crippen LogP contribution is 2.02. The molecule has 0 saturated heterocycles. The van der Waals surface area contributed by atoms with Crippen LogP contribution >= 0.6 is 0 Å². The third-order valence-corrected chi connectivity index (χ3v) is 2.83. The average molecular weight is 249 g/mol. The zero-order valence-corrected chi connectivity index (χ0v) is 12.8. The Balaban J connectivity index is 0.000000411. The first-order valence-corrected chi connectivity index (χ1v) is 7.50. The molecule has 18 heavy (non-hydrogen) atoms. The van der Waals surface area contributed by atoms with Crippen molar-refractivity contribution in [2.45, 2.75) is 66.3 Å². The second-order valence-electron chi connectivity index (χ2n) is 4.87. The van der Waals surface area contributed by atoms with Gasteiger partial charge in [0, 0.05) is 6.54 Å². The first-order chi connectivity index (χ1) is 8.74. The zero-order valence-electron chi connectivity index (χ0n) is 12.8. The van der Waals surface area contributed by atoms with Gasteiger partial charge in [0.15, 0.2) is 0 Å². The molecular formula is C17H31N. The Hall–Kier alpha value is -0.820. The number of rotatable bonds is 7. The highest BCUT2D eigenvalue weighted by Gasteiger charge is 1.90. The van der Waals surface area contributed by atoms with Gasteiger partial charge >= 0.3 is 0 Å². The summed E-state index contributed by atoms with van der Waals surface area (Å²) < 4.78 is 0. The van der Waals surface area contributed by atoms with Gasteiger partial charge in [-0.05, 0) is 25.5 Å². The van der Waals surface area contributed by atoms with E-state index in [1.165, 1.54) is 43.2 Å². The molecule has 1 aromatic rings. The lowest BCUT2D eigenvalue weighted by molar-refractivity contribution is 0.675. The molecule has 1 heteroatoms. The van der Waals surface area contributed by atoms with Gasteiger partial charge in [0.25, 0.3) is 0 Å². The molecule has 1 rings (SSSR count). The van der Waals surface area contributed by atoms with Crippen molar-refractivity contribution >= 4 is 0 Å². The molecule has 0 unspecified atom stereocenters. The molecule has 0 spiro atoms. The first kappa shape index (κ1) is 17.2. The molecule has 0 aliphatic rings. The van der Waals surface area contributed by atoms with Crippen molar-refractivity contribution in [2.75, 3.05) is 6.54 Å². The van der Waals surface area contributed by atoms with Crippen LogP contribution in [0, 0.1) is 6.92 Å². The lowest BCUT2D eigenvalue weighted by Gasteiger charge is -2.02. The van der Waals surface area contributed by atoms with Gasteiger partial charge < -0.3 is 5.32 Å². The van der Waals surface area contributed by atoms with Gasteiger partial charge in [-0.1, -0.05) is 76.3 Å². The summed E-state index contributed by atoms with van der Waals surface area (Å²) in [5.74, 6) is 0. The van der Waals surface area contributed by atoms with Gasteiger partial charge in [-0.2, -0.15) is 0 Å². The van der Waals surface area contributed by atoms with Crippen molar-refractivity contribution < 1.29 is 0 Å². The molecule has 0 aliphatic carbocycles. The van der Waals surface area contributed by atoms with E-state index in [-0.39, 0.29) is 0 Å². The summed E-state index contributed by atoms with van der Waals surface area (Å²) >= 11 is 0. The molecule has 0 radical (unpaired) electrons. The van der Waals surface area contributed by atoms with E-state index >= 15 is 0 Å². The Morgan fingerprint density at radius 1 is 0.833 bits per heavy atom. The van der Waals surface area contributed by atoms with Crippen molar-refractivity contribution in [3.63, 3.8) is 0 Å². The molecule has 1 N–H and O–H groups in total. The van der Waals surface area contributed by atoms with Crippen molar-refractivity contribution in [3.05, 3.63) is 35.4 Å². The van der Waals surface area contributed by atoms with Gasteiger partial charge in [-0.25, -0.2) is 0 Å². The molecule has 0 amide bonds. The van der Waals surface area contributed by atoms with Crippen LogP contribution in [0.1, 0.15) is 64.0 Å². The summed E-state index contributed by atoms with van der Waals surface area (Å²) in [5.41, 5.74) is 2.70. The molecule has 0 saturated carbocycles. The minimum atomic E-state index is 0.994. The van der Waals surface area contributed by atoms with E-state index in [1.807, 2.05) is 0 Å². The zero-order chi connectivity index (χ0) is 13.6. The number of aryl methyl sites for hydroxylation is 1. The Bertz CT molecular complexity index is 259. The average Bonchev–Trinajstić information content (AvgIpc) is 2.40. The van der Waals surface area contributed by atoms with Crippen LogP contribution in [0.25, 0.3) is 0 Å². The quantitative estimate of drug-likeness (QED) is 0.664. The third-order valence-electron chi connectivity index (χ3n) is 2.83. The molecular weight excluding hydrogens is 218 g/mol. The number of nitrogens with one attached hydrogen (secondary N) is 1. The smallest absolute Gasteiger partial charge is 0.0205 e. The van der Waals surface area contributed by atoms with Gasteiger partial charge in [-0.3, -0.25) is 0 Å². The van der Waals surface area contributed by atoms with Crippen molar-refractivity contribution in [1.82, 2.24) is 5.32 Å². The molecule has 1 aromatic carbocycles. The normalized spacial score (nSPS) is 9.78. The summed E-state index contributed by atoms with van der Waals surface area (Å²) in [6.45, 7) is 10.9. The van der Waals surface area contributed by atoms with E-state index < -0.39 is 0 Å². The first-order valence-electron chi connectivity index (χ1n) is 7.50. The van der Waals surface area contributed by atoms with E-state index in [4.69, 9.17) is 0 Å². The molecule has 0 heterocycles. The lowest BCUT2D eigenvalue weighted by Crippen LogP contribution is -2.13. The highest BCUT2D eigenvalue weighted by molar-refractivity contribution is 5.20. The largest absolute Gasteiger partial charge is 0.313 e. The minimum Gasteiger partial charge on any atom is -0.313 e. The molecule has 1 nitrogen and oxygen atoms in total. The number of unbranched alkanes of at least 4 members (excludes halogenated alkanes) is 3. The molecule has 0 aliphatic heterocycles. The third kappa shape index (κ3) is 10.3. The molecule has 104 valence electrons. The Labute approximate surface area is 114 Å². The second-order valence-corrected chi connectivity index (χ2v) is 4.87. The maximum Gasteiger partial charge on any atom is 0.0205 e.